The van der Waals surface area contributed by atoms with Crippen LogP contribution in [0.5, 0.6) is 5.75 Å². The molecule has 0 saturated carbocycles. The summed E-state index contributed by atoms with van der Waals surface area (Å²) in [4.78, 5) is 0. The molecular formula is C8H8BNO3. The normalized spacial score (nSPS) is 9.00. The van der Waals surface area contributed by atoms with Crippen LogP contribution in [0, 0.1) is 11.3 Å². The van der Waals surface area contributed by atoms with E-state index in [2.05, 4.69) is 4.65 Å². The van der Waals surface area contributed by atoms with Gasteiger partial charge in [0.15, 0.2) is 0 Å². The molecule has 0 radical (unpaired) electrons. The van der Waals surface area contributed by atoms with Gasteiger partial charge >= 0.3 is 7.32 Å². The van der Waals surface area contributed by atoms with Gasteiger partial charge in [-0.1, -0.05) is 12.1 Å². The highest BCUT2D eigenvalue weighted by atomic mass is 16.6. The standard InChI is InChI=1S/C8H8BNO3/c10-5-4-7-2-1-3-8(6-7)13-9(11)12/h1-3,6,11-12H,4H2. The molecule has 0 amide bonds. The first-order chi connectivity index (χ1) is 6.22. The van der Waals surface area contributed by atoms with E-state index in [1.165, 1.54) is 0 Å². The van der Waals surface area contributed by atoms with Gasteiger partial charge in [-0.2, -0.15) is 5.26 Å². The molecule has 4 nitrogen and oxygen atoms in total. The first kappa shape index (κ1) is 9.58. The zero-order valence-corrected chi connectivity index (χ0v) is 6.84. The van der Waals surface area contributed by atoms with Crippen molar-refractivity contribution in [2.24, 2.45) is 0 Å². The number of hydrogen-bond donors (Lipinski definition) is 2. The fourth-order valence-electron chi connectivity index (χ4n) is 0.942. The molecule has 5 heteroatoms. The molecule has 0 bridgehead atoms. The summed E-state index contributed by atoms with van der Waals surface area (Å²) in [5.41, 5.74) is 0.778. The quantitative estimate of drug-likeness (QED) is 0.642. The summed E-state index contributed by atoms with van der Waals surface area (Å²) < 4.78 is 4.60. The molecule has 66 valence electrons. The molecule has 1 aromatic carbocycles. The predicted octanol–water partition coefficient (Wildman–Crippen LogP) is 0.101. The SMILES string of the molecule is N#CCc1cccc(OB(O)O)c1. The van der Waals surface area contributed by atoms with Crippen LogP contribution in [-0.4, -0.2) is 17.4 Å². The second-order valence-electron chi connectivity index (χ2n) is 2.43. The number of benzene rings is 1. The maximum Gasteiger partial charge on any atom is 0.707 e. The third kappa shape index (κ3) is 3.15. The molecule has 0 saturated heterocycles. The third-order valence-electron chi connectivity index (χ3n) is 1.42. The van der Waals surface area contributed by atoms with E-state index in [0.717, 1.165) is 5.56 Å². The molecule has 0 aromatic heterocycles. The van der Waals surface area contributed by atoms with Crippen molar-refractivity contribution in [2.45, 2.75) is 6.42 Å². The van der Waals surface area contributed by atoms with Gasteiger partial charge in [0.2, 0.25) is 0 Å². The molecule has 2 N–H and O–H groups in total. The molecule has 0 aliphatic carbocycles. The van der Waals surface area contributed by atoms with Crippen LogP contribution in [0.25, 0.3) is 0 Å². The summed E-state index contributed by atoms with van der Waals surface area (Å²) in [5.74, 6) is 0.336. The minimum atomic E-state index is -1.82. The molecule has 0 unspecified atom stereocenters. The molecule has 0 heterocycles. The van der Waals surface area contributed by atoms with E-state index in [1.54, 1.807) is 24.3 Å². The van der Waals surface area contributed by atoms with Crippen LogP contribution in [0.15, 0.2) is 24.3 Å². The Bertz CT molecular complexity index is 321. The van der Waals surface area contributed by atoms with Crippen molar-refractivity contribution in [2.75, 3.05) is 0 Å². The molecule has 0 aliphatic heterocycles. The lowest BCUT2D eigenvalue weighted by Crippen LogP contribution is -2.20. The van der Waals surface area contributed by atoms with Gasteiger partial charge in [0.25, 0.3) is 0 Å². The van der Waals surface area contributed by atoms with Crippen LogP contribution in [-0.2, 0) is 6.42 Å². The fraction of sp³-hybridized carbons (Fsp3) is 0.125. The van der Waals surface area contributed by atoms with Crippen LogP contribution >= 0.6 is 0 Å². The summed E-state index contributed by atoms with van der Waals surface area (Å²) in [7, 11) is -1.82. The highest BCUT2D eigenvalue weighted by Crippen LogP contribution is 2.13. The summed E-state index contributed by atoms with van der Waals surface area (Å²) >= 11 is 0. The topological polar surface area (TPSA) is 73.5 Å². The Morgan fingerprint density at radius 2 is 2.23 bits per heavy atom. The van der Waals surface area contributed by atoms with Crippen LogP contribution in [0.3, 0.4) is 0 Å². The minimum absolute atomic E-state index is 0.277. The molecular weight excluding hydrogens is 169 g/mol. The zero-order valence-electron chi connectivity index (χ0n) is 6.84. The van der Waals surface area contributed by atoms with Gasteiger partial charge in [0.1, 0.15) is 5.75 Å². The Balaban J connectivity index is 2.74. The Labute approximate surface area is 76.2 Å². The van der Waals surface area contributed by atoms with Gasteiger partial charge in [-0.25, -0.2) is 0 Å². The second-order valence-corrected chi connectivity index (χ2v) is 2.43. The highest BCUT2D eigenvalue weighted by Gasteiger charge is 2.10. The van der Waals surface area contributed by atoms with Crippen LogP contribution in [0.2, 0.25) is 0 Å². The van der Waals surface area contributed by atoms with Crippen molar-refractivity contribution < 1.29 is 14.7 Å². The van der Waals surface area contributed by atoms with Gasteiger partial charge in [-0.15, -0.1) is 0 Å². The molecule has 0 atom stereocenters. The van der Waals surface area contributed by atoms with Crippen molar-refractivity contribution in [1.29, 1.82) is 5.26 Å². The Hall–Kier alpha value is -1.51. The van der Waals surface area contributed by atoms with Crippen molar-refractivity contribution in [3.8, 4) is 11.8 Å². The Morgan fingerprint density at radius 1 is 1.46 bits per heavy atom. The van der Waals surface area contributed by atoms with Gasteiger partial charge < -0.3 is 14.7 Å². The number of nitrogens with zero attached hydrogens (tertiary/aromatic N) is 1. The summed E-state index contributed by atoms with van der Waals surface area (Å²) in [5, 5.41) is 25.4. The summed E-state index contributed by atoms with van der Waals surface area (Å²) in [6, 6.07) is 8.60. The Morgan fingerprint density at radius 3 is 2.85 bits per heavy atom. The molecule has 0 spiro atoms. The lowest BCUT2D eigenvalue weighted by molar-refractivity contribution is 0.288. The van der Waals surface area contributed by atoms with Crippen LogP contribution < -0.4 is 4.65 Å². The summed E-state index contributed by atoms with van der Waals surface area (Å²) in [6.45, 7) is 0. The van der Waals surface area contributed by atoms with E-state index in [-0.39, 0.29) is 6.42 Å². The highest BCUT2D eigenvalue weighted by molar-refractivity contribution is 6.33. The fourth-order valence-corrected chi connectivity index (χ4v) is 0.942. The van der Waals surface area contributed by atoms with Crippen LogP contribution in [0.4, 0.5) is 0 Å². The maximum atomic E-state index is 8.49. The average molecular weight is 177 g/mol. The van der Waals surface area contributed by atoms with Crippen molar-refractivity contribution in [3.05, 3.63) is 29.8 Å². The second kappa shape index (κ2) is 4.50. The smallest absolute Gasteiger partial charge is 0.512 e. The van der Waals surface area contributed by atoms with E-state index >= 15 is 0 Å². The van der Waals surface area contributed by atoms with Gasteiger partial charge in [0.05, 0.1) is 12.5 Å². The molecule has 1 rings (SSSR count). The van der Waals surface area contributed by atoms with E-state index in [9.17, 15) is 0 Å². The third-order valence-corrected chi connectivity index (χ3v) is 1.42. The predicted molar refractivity (Wildman–Crippen MR) is 46.6 cm³/mol. The van der Waals surface area contributed by atoms with E-state index in [4.69, 9.17) is 15.3 Å². The van der Waals surface area contributed by atoms with Gasteiger partial charge in [-0.05, 0) is 17.7 Å². The largest absolute Gasteiger partial charge is 0.707 e. The molecule has 13 heavy (non-hydrogen) atoms. The average Bonchev–Trinajstić information content (AvgIpc) is 2.04. The van der Waals surface area contributed by atoms with Crippen molar-refractivity contribution >= 4 is 7.32 Å². The lowest BCUT2D eigenvalue weighted by Gasteiger charge is -2.04. The maximum absolute atomic E-state index is 8.49. The van der Waals surface area contributed by atoms with Crippen molar-refractivity contribution in [3.63, 3.8) is 0 Å². The van der Waals surface area contributed by atoms with Crippen LogP contribution in [0.1, 0.15) is 5.56 Å². The number of hydrogen-bond acceptors (Lipinski definition) is 4. The van der Waals surface area contributed by atoms with E-state index in [0.29, 0.717) is 5.75 Å². The number of nitriles is 1. The zero-order chi connectivity index (χ0) is 9.68. The molecule has 0 aliphatic rings. The van der Waals surface area contributed by atoms with E-state index < -0.39 is 7.32 Å². The van der Waals surface area contributed by atoms with Gasteiger partial charge in [0, 0.05) is 0 Å². The van der Waals surface area contributed by atoms with E-state index in [1.807, 2.05) is 6.07 Å². The lowest BCUT2D eigenvalue weighted by atomic mass is 10.1. The van der Waals surface area contributed by atoms with Crippen molar-refractivity contribution in [1.82, 2.24) is 0 Å². The van der Waals surface area contributed by atoms with Gasteiger partial charge in [-0.3, -0.25) is 0 Å². The minimum Gasteiger partial charge on any atom is -0.512 e. The molecule has 0 fully saturated rings. The molecule has 1 aromatic rings. The first-order valence-corrected chi connectivity index (χ1v) is 3.71. The summed E-state index contributed by atoms with van der Waals surface area (Å²) in [6.07, 6.45) is 0.277. The Kier molecular flexibility index (Phi) is 3.32. The first-order valence-electron chi connectivity index (χ1n) is 3.71. The monoisotopic (exact) mass is 177 g/mol. The number of rotatable bonds is 3.